The molecule has 1 N–H and O–H groups in total. The molecule has 0 heterocycles. The summed E-state index contributed by atoms with van der Waals surface area (Å²) in [4.78, 5) is 11.5. The predicted molar refractivity (Wildman–Crippen MR) is 147 cm³/mol. The van der Waals surface area contributed by atoms with Gasteiger partial charge in [0.1, 0.15) is 29.7 Å². The number of benzene rings is 3. The molecule has 0 spiro atoms. The number of carboxylic acids is 1. The molecule has 42 heavy (non-hydrogen) atoms. The SMILES string of the molecule is CCc1cc2c(cc1OCc1cc(-c3c(F)cc(OCCCS(C)=O)cc3C(F)(F)F)ccc1F)CC1C(C(=O)O)C21. The van der Waals surface area contributed by atoms with Gasteiger partial charge in [0.25, 0.3) is 0 Å². The summed E-state index contributed by atoms with van der Waals surface area (Å²) in [5, 5.41) is 9.40. The van der Waals surface area contributed by atoms with Crippen LogP contribution in [0.25, 0.3) is 11.1 Å². The molecule has 0 radical (unpaired) electrons. The first-order chi connectivity index (χ1) is 19.9. The fourth-order valence-corrected chi connectivity index (χ4v) is 6.38. The topological polar surface area (TPSA) is 72.8 Å². The molecule has 2 aliphatic rings. The minimum absolute atomic E-state index is 0.0117. The molecular weight excluding hydrogens is 579 g/mol. The van der Waals surface area contributed by atoms with Crippen molar-refractivity contribution in [2.75, 3.05) is 18.6 Å². The van der Waals surface area contributed by atoms with Crippen molar-refractivity contribution in [2.24, 2.45) is 11.8 Å². The number of carbonyl (C=O) groups is 1. The molecular formula is C31H29F5O5S. The normalized spacial score (nSPS) is 19.6. The number of rotatable bonds is 11. The maximum absolute atomic E-state index is 15.2. The van der Waals surface area contributed by atoms with Gasteiger partial charge in [-0.1, -0.05) is 19.1 Å². The van der Waals surface area contributed by atoms with Crippen LogP contribution in [0, 0.1) is 23.5 Å². The fraction of sp³-hybridized carbons (Fsp3) is 0.387. The van der Waals surface area contributed by atoms with E-state index in [0.29, 0.717) is 36.8 Å². The van der Waals surface area contributed by atoms with Gasteiger partial charge in [0.05, 0.1) is 18.1 Å². The Labute approximate surface area is 242 Å². The van der Waals surface area contributed by atoms with Gasteiger partial charge in [-0.2, -0.15) is 13.2 Å². The lowest BCUT2D eigenvalue weighted by atomic mass is 9.96. The first-order valence-electron chi connectivity index (χ1n) is 13.5. The van der Waals surface area contributed by atoms with Gasteiger partial charge in [0.15, 0.2) is 0 Å². The van der Waals surface area contributed by atoms with Gasteiger partial charge in [-0.15, -0.1) is 0 Å². The summed E-state index contributed by atoms with van der Waals surface area (Å²) in [6.07, 6.45) is -1.92. The molecule has 0 aliphatic heterocycles. The van der Waals surface area contributed by atoms with Gasteiger partial charge >= 0.3 is 12.1 Å². The lowest BCUT2D eigenvalue weighted by Crippen LogP contribution is -2.11. The van der Waals surface area contributed by atoms with E-state index in [0.717, 1.165) is 41.0 Å². The van der Waals surface area contributed by atoms with Crippen molar-refractivity contribution in [1.82, 2.24) is 0 Å². The van der Waals surface area contributed by atoms with Crippen LogP contribution in [0.1, 0.15) is 47.1 Å². The molecule has 3 aromatic carbocycles. The standard InChI is InChI=1S/C31H29F5O5S/c1-3-16-10-21-18(11-22-28(21)29(22)30(37)38)12-26(16)41-15-19-9-17(5-6-24(19)32)27-23(31(34,35)36)13-20(14-25(27)33)40-7-4-8-42(2)39/h5-6,9-10,12-14,22,28-29H,3-4,7-8,11,15H2,1-2H3,(H,37,38). The van der Waals surface area contributed by atoms with E-state index in [9.17, 15) is 31.7 Å². The van der Waals surface area contributed by atoms with E-state index in [1.54, 1.807) is 0 Å². The van der Waals surface area contributed by atoms with Crippen LogP contribution >= 0.6 is 0 Å². The third-order valence-corrected chi connectivity index (χ3v) is 8.77. The Kier molecular flexibility index (Phi) is 8.33. The average molecular weight is 609 g/mol. The molecule has 1 saturated carbocycles. The zero-order valence-electron chi connectivity index (χ0n) is 22.9. The summed E-state index contributed by atoms with van der Waals surface area (Å²) < 4.78 is 94.5. The fourth-order valence-electron chi connectivity index (χ4n) is 5.86. The highest BCUT2D eigenvalue weighted by Gasteiger charge is 2.59. The van der Waals surface area contributed by atoms with Crippen molar-refractivity contribution in [2.45, 2.75) is 44.9 Å². The van der Waals surface area contributed by atoms with Gasteiger partial charge in [-0.25, -0.2) is 8.78 Å². The van der Waals surface area contributed by atoms with Crippen LogP contribution in [0.4, 0.5) is 22.0 Å². The summed E-state index contributed by atoms with van der Waals surface area (Å²) in [5.41, 5.74) is 0.568. The Morgan fingerprint density at radius 3 is 2.48 bits per heavy atom. The highest BCUT2D eigenvalue weighted by atomic mass is 32.2. The number of ether oxygens (including phenoxy) is 2. The van der Waals surface area contributed by atoms with Gasteiger partial charge in [0, 0.05) is 45.9 Å². The van der Waals surface area contributed by atoms with Crippen LogP contribution < -0.4 is 9.47 Å². The van der Waals surface area contributed by atoms with E-state index in [-0.39, 0.29) is 47.8 Å². The average Bonchev–Trinajstić information content (AvgIpc) is 3.52. The summed E-state index contributed by atoms with van der Waals surface area (Å²) in [6.45, 7) is 1.57. The number of aliphatic carboxylic acids is 1. The quantitative estimate of drug-likeness (QED) is 0.189. The Morgan fingerprint density at radius 1 is 1.05 bits per heavy atom. The van der Waals surface area contributed by atoms with Crippen LogP contribution in [-0.4, -0.2) is 33.9 Å². The molecule has 4 atom stereocenters. The molecule has 11 heteroatoms. The number of halogens is 5. The van der Waals surface area contributed by atoms with E-state index in [1.807, 2.05) is 19.1 Å². The monoisotopic (exact) mass is 608 g/mol. The summed E-state index contributed by atoms with van der Waals surface area (Å²) in [5.74, 6) is -2.55. The zero-order valence-corrected chi connectivity index (χ0v) is 23.7. The second-order valence-electron chi connectivity index (χ2n) is 10.7. The van der Waals surface area contributed by atoms with Crippen LogP contribution in [-0.2, 0) is 41.2 Å². The number of fused-ring (bicyclic) bond motifs is 3. The second kappa shape index (κ2) is 11.7. The number of carboxylic acid groups (broad SMARTS) is 1. The maximum atomic E-state index is 15.2. The van der Waals surface area contributed by atoms with E-state index in [4.69, 9.17) is 9.47 Å². The lowest BCUT2D eigenvalue weighted by Gasteiger charge is -2.18. The molecule has 3 aromatic rings. The van der Waals surface area contributed by atoms with E-state index < -0.39 is 45.7 Å². The molecule has 1 fully saturated rings. The smallest absolute Gasteiger partial charge is 0.417 e. The maximum Gasteiger partial charge on any atom is 0.417 e. The van der Waals surface area contributed by atoms with Gasteiger partial charge in [-0.05, 0) is 71.7 Å². The Bertz CT molecular complexity index is 1550. The van der Waals surface area contributed by atoms with Gasteiger partial charge in [0.2, 0.25) is 0 Å². The molecule has 5 rings (SSSR count). The molecule has 0 bridgehead atoms. The summed E-state index contributed by atoms with van der Waals surface area (Å²) in [7, 11) is -1.09. The van der Waals surface area contributed by atoms with Crippen LogP contribution in [0.3, 0.4) is 0 Å². The second-order valence-corrected chi connectivity index (χ2v) is 12.2. The molecule has 4 unspecified atom stereocenters. The van der Waals surface area contributed by atoms with Crippen molar-refractivity contribution in [1.29, 1.82) is 0 Å². The minimum atomic E-state index is -4.92. The van der Waals surface area contributed by atoms with Crippen molar-refractivity contribution in [3.63, 3.8) is 0 Å². The Balaban J connectivity index is 1.39. The van der Waals surface area contributed by atoms with Gasteiger partial charge < -0.3 is 14.6 Å². The number of alkyl halides is 3. The summed E-state index contributed by atoms with van der Waals surface area (Å²) >= 11 is 0. The van der Waals surface area contributed by atoms with Crippen molar-refractivity contribution in [3.05, 3.63) is 81.9 Å². The van der Waals surface area contributed by atoms with Crippen molar-refractivity contribution in [3.8, 4) is 22.6 Å². The first kappa shape index (κ1) is 30.0. The first-order valence-corrected chi connectivity index (χ1v) is 15.2. The molecule has 2 aliphatic carbocycles. The summed E-state index contributed by atoms with van der Waals surface area (Å²) in [6, 6.07) is 8.53. The molecule has 0 aromatic heterocycles. The molecule has 224 valence electrons. The third-order valence-electron chi connectivity index (χ3n) is 7.90. The van der Waals surface area contributed by atoms with Gasteiger partial charge in [-0.3, -0.25) is 9.00 Å². The third kappa shape index (κ3) is 6.02. The number of aryl methyl sites for hydroxylation is 1. The molecule has 0 amide bonds. The highest BCUT2D eigenvalue weighted by molar-refractivity contribution is 7.84. The number of hydrogen-bond donors (Lipinski definition) is 1. The molecule has 5 nitrogen and oxygen atoms in total. The van der Waals surface area contributed by atoms with Crippen LogP contribution in [0.5, 0.6) is 11.5 Å². The largest absolute Gasteiger partial charge is 0.493 e. The minimum Gasteiger partial charge on any atom is -0.493 e. The Hall–Kier alpha value is -3.47. The van der Waals surface area contributed by atoms with Crippen molar-refractivity contribution >= 4 is 16.8 Å². The van der Waals surface area contributed by atoms with Crippen LogP contribution in [0.15, 0.2) is 42.5 Å². The highest BCUT2D eigenvalue weighted by Crippen LogP contribution is 2.62. The Morgan fingerprint density at radius 2 is 1.81 bits per heavy atom. The van der Waals surface area contributed by atoms with E-state index >= 15 is 4.39 Å². The van der Waals surface area contributed by atoms with E-state index in [1.165, 1.54) is 6.26 Å². The number of hydrogen-bond acceptors (Lipinski definition) is 4. The van der Waals surface area contributed by atoms with Crippen molar-refractivity contribution < 1.29 is 45.5 Å². The predicted octanol–water partition coefficient (Wildman–Crippen LogP) is 6.91. The zero-order chi connectivity index (χ0) is 30.3. The lowest BCUT2D eigenvalue weighted by molar-refractivity contribution is -0.139. The van der Waals surface area contributed by atoms with E-state index in [2.05, 4.69) is 0 Å². The van der Waals surface area contributed by atoms with Crippen LogP contribution in [0.2, 0.25) is 0 Å². The molecule has 0 saturated heterocycles.